The lowest BCUT2D eigenvalue weighted by molar-refractivity contribution is 0.667. The first-order valence-electron chi connectivity index (χ1n) is 18.7. The Morgan fingerprint density at radius 1 is 0.283 bits per heavy atom. The molecule has 0 heteroatoms. The highest BCUT2D eigenvalue weighted by Crippen LogP contribution is 2.56. The van der Waals surface area contributed by atoms with Gasteiger partial charge >= 0.3 is 0 Å². The molecule has 0 saturated carbocycles. The zero-order chi connectivity index (χ0) is 35.3. The van der Waals surface area contributed by atoms with Crippen molar-refractivity contribution in [3.05, 3.63) is 193 Å². The Balaban J connectivity index is 1.18. The summed E-state index contributed by atoms with van der Waals surface area (Å²) in [5, 5.41) is 13.0. The summed E-state index contributed by atoms with van der Waals surface area (Å²) in [6.45, 7) is 4.85. The monoisotopic (exact) mass is 672 g/mol. The first-order valence-corrected chi connectivity index (χ1v) is 18.7. The molecule has 0 N–H and O–H groups in total. The Bertz CT molecular complexity index is 3070. The highest BCUT2D eigenvalue weighted by molar-refractivity contribution is 6.24. The average molecular weight is 673 g/mol. The van der Waals surface area contributed by atoms with Crippen LogP contribution >= 0.6 is 0 Å². The molecule has 0 atom stereocenters. The normalized spacial score (nSPS) is 13.2. The molecular weight excluding hydrogens is 637 g/mol. The van der Waals surface area contributed by atoms with Crippen LogP contribution in [0.4, 0.5) is 0 Å². The fourth-order valence-corrected chi connectivity index (χ4v) is 9.76. The van der Waals surface area contributed by atoms with Crippen molar-refractivity contribution in [3.8, 4) is 44.5 Å². The minimum atomic E-state index is -0.171. The summed E-state index contributed by atoms with van der Waals surface area (Å²) in [4.78, 5) is 0. The maximum atomic E-state index is 2.51. The lowest BCUT2D eigenvalue weighted by Gasteiger charge is -2.25. The van der Waals surface area contributed by atoms with Crippen molar-refractivity contribution in [2.45, 2.75) is 19.3 Å². The quantitative estimate of drug-likeness (QED) is 0.129. The van der Waals surface area contributed by atoms with Gasteiger partial charge in [-0.15, -0.1) is 0 Å². The van der Waals surface area contributed by atoms with Crippen molar-refractivity contribution >= 4 is 53.9 Å². The van der Waals surface area contributed by atoms with E-state index >= 15 is 0 Å². The highest BCUT2D eigenvalue weighted by atomic mass is 14.4. The summed E-state index contributed by atoms with van der Waals surface area (Å²) in [5.41, 5.74) is 13.0. The van der Waals surface area contributed by atoms with Gasteiger partial charge in [-0.05, 0) is 116 Å². The van der Waals surface area contributed by atoms with E-state index in [-0.39, 0.29) is 5.41 Å². The van der Waals surface area contributed by atoms with E-state index in [1.165, 1.54) is 109 Å². The average Bonchev–Trinajstić information content (AvgIpc) is 3.46. The minimum Gasteiger partial charge on any atom is -0.0622 e. The number of hydrogen-bond acceptors (Lipinski definition) is 0. The molecule has 0 bridgehead atoms. The fraction of sp³-hybridized carbons (Fsp3) is 0.0566. The van der Waals surface area contributed by atoms with E-state index in [9.17, 15) is 0 Å². The summed E-state index contributed by atoms with van der Waals surface area (Å²) in [7, 11) is 0. The second-order valence-corrected chi connectivity index (χ2v) is 15.1. The predicted octanol–water partition coefficient (Wildman–Crippen LogP) is 14.8. The van der Waals surface area contributed by atoms with E-state index in [4.69, 9.17) is 0 Å². The highest BCUT2D eigenvalue weighted by Gasteiger charge is 2.38. The van der Waals surface area contributed by atoms with Crippen molar-refractivity contribution in [1.29, 1.82) is 0 Å². The largest absolute Gasteiger partial charge is 0.0622 e. The van der Waals surface area contributed by atoms with Crippen LogP contribution in [0.15, 0.2) is 182 Å². The van der Waals surface area contributed by atoms with E-state index in [0.29, 0.717) is 0 Å². The summed E-state index contributed by atoms with van der Waals surface area (Å²) in [6.07, 6.45) is 0. The van der Waals surface area contributed by atoms with Crippen LogP contribution in [0.5, 0.6) is 0 Å². The summed E-state index contributed by atoms with van der Waals surface area (Å²) in [5.74, 6) is 0. The van der Waals surface area contributed by atoms with E-state index in [0.717, 1.165) is 0 Å². The summed E-state index contributed by atoms with van der Waals surface area (Å²) < 4.78 is 0. The van der Waals surface area contributed by atoms with Crippen LogP contribution in [0.1, 0.15) is 25.0 Å². The SMILES string of the molecule is CC1(C)c2cc(-c3c4ccccc4c(-c4ccc(-c5ccccc5)c5ccccc45)c4ccccc34)ccc2-c2c1c1ccccc1c1ccccc21. The minimum absolute atomic E-state index is 0.171. The van der Waals surface area contributed by atoms with Crippen LogP contribution in [0.25, 0.3) is 98.4 Å². The Labute approximate surface area is 309 Å². The van der Waals surface area contributed by atoms with Crippen LogP contribution in [0.3, 0.4) is 0 Å². The number of rotatable bonds is 3. The molecular formula is C53H36. The van der Waals surface area contributed by atoms with Crippen molar-refractivity contribution in [2.24, 2.45) is 0 Å². The van der Waals surface area contributed by atoms with Gasteiger partial charge in [-0.1, -0.05) is 190 Å². The molecule has 0 heterocycles. The molecule has 0 fully saturated rings. The van der Waals surface area contributed by atoms with Crippen LogP contribution in [0, 0.1) is 0 Å². The molecule has 0 nitrogen and oxygen atoms in total. The standard InChI is InChI=1S/C53H36/c1-53(2)48-32-34(28-29-47(48)51-40-22-10-8-20-38(40)39-21-9-15-27-46(39)52(51)53)49-41-23-11-13-25-43(41)50(44-26-14-12-24-42(44)49)45-31-30-35(33-16-4-3-5-17-33)36-18-6-7-19-37(36)45/h3-32H,1-2H3. The molecule has 0 saturated heterocycles. The molecule has 0 aliphatic heterocycles. The van der Waals surface area contributed by atoms with Crippen molar-refractivity contribution in [1.82, 2.24) is 0 Å². The van der Waals surface area contributed by atoms with Crippen LogP contribution in [0.2, 0.25) is 0 Å². The van der Waals surface area contributed by atoms with Gasteiger partial charge in [0.05, 0.1) is 0 Å². The molecule has 0 amide bonds. The molecule has 0 spiro atoms. The van der Waals surface area contributed by atoms with Gasteiger partial charge in [-0.3, -0.25) is 0 Å². The topological polar surface area (TPSA) is 0 Å². The number of benzene rings is 10. The maximum absolute atomic E-state index is 2.51. The summed E-state index contributed by atoms with van der Waals surface area (Å²) in [6, 6.07) is 67.7. The molecule has 10 aromatic carbocycles. The Kier molecular flexibility index (Phi) is 6.40. The van der Waals surface area contributed by atoms with Crippen molar-refractivity contribution in [3.63, 3.8) is 0 Å². The fourth-order valence-electron chi connectivity index (χ4n) is 9.76. The van der Waals surface area contributed by atoms with Gasteiger partial charge in [0.25, 0.3) is 0 Å². The van der Waals surface area contributed by atoms with Gasteiger partial charge in [-0.2, -0.15) is 0 Å². The Hall–Kier alpha value is -6.50. The molecule has 0 aromatic heterocycles. The number of hydrogen-bond donors (Lipinski definition) is 0. The van der Waals surface area contributed by atoms with Gasteiger partial charge in [0.1, 0.15) is 0 Å². The molecule has 11 rings (SSSR count). The first-order chi connectivity index (χ1) is 26.1. The van der Waals surface area contributed by atoms with E-state index in [2.05, 4.69) is 196 Å². The van der Waals surface area contributed by atoms with Crippen LogP contribution in [-0.4, -0.2) is 0 Å². The Morgan fingerprint density at radius 2 is 0.698 bits per heavy atom. The van der Waals surface area contributed by atoms with E-state index < -0.39 is 0 Å². The third kappa shape index (κ3) is 4.24. The van der Waals surface area contributed by atoms with E-state index in [1.807, 2.05) is 0 Å². The molecule has 1 aliphatic rings. The smallest absolute Gasteiger partial charge is 0.0165 e. The zero-order valence-corrected chi connectivity index (χ0v) is 29.8. The Morgan fingerprint density at radius 3 is 1.30 bits per heavy atom. The van der Waals surface area contributed by atoms with Crippen LogP contribution in [-0.2, 0) is 5.41 Å². The van der Waals surface area contributed by atoms with Gasteiger partial charge in [0.15, 0.2) is 0 Å². The second kappa shape index (κ2) is 11.2. The summed E-state index contributed by atoms with van der Waals surface area (Å²) >= 11 is 0. The van der Waals surface area contributed by atoms with Gasteiger partial charge in [-0.25, -0.2) is 0 Å². The number of fused-ring (bicyclic) bond motifs is 11. The third-order valence-corrected chi connectivity index (χ3v) is 12.0. The molecule has 53 heavy (non-hydrogen) atoms. The van der Waals surface area contributed by atoms with Gasteiger partial charge in [0, 0.05) is 5.41 Å². The van der Waals surface area contributed by atoms with Crippen LogP contribution < -0.4 is 0 Å². The molecule has 0 radical (unpaired) electrons. The molecule has 1 aliphatic carbocycles. The third-order valence-electron chi connectivity index (χ3n) is 12.0. The zero-order valence-electron chi connectivity index (χ0n) is 29.8. The van der Waals surface area contributed by atoms with Crippen molar-refractivity contribution < 1.29 is 0 Å². The molecule has 10 aromatic rings. The lowest BCUT2D eigenvalue weighted by atomic mass is 9.78. The molecule has 248 valence electrons. The van der Waals surface area contributed by atoms with Gasteiger partial charge in [0.2, 0.25) is 0 Å². The second-order valence-electron chi connectivity index (χ2n) is 15.1. The van der Waals surface area contributed by atoms with E-state index in [1.54, 1.807) is 0 Å². The predicted molar refractivity (Wildman–Crippen MR) is 228 cm³/mol. The lowest BCUT2D eigenvalue weighted by Crippen LogP contribution is -2.15. The first kappa shape index (κ1) is 30.2. The molecule has 0 unspecified atom stereocenters. The maximum Gasteiger partial charge on any atom is 0.0165 e. The van der Waals surface area contributed by atoms with Gasteiger partial charge < -0.3 is 0 Å². The van der Waals surface area contributed by atoms with Crippen molar-refractivity contribution in [2.75, 3.05) is 0 Å².